The quantitative estimate of drug-likeness (QED) is 0.509. The van der Waals surface area contributed by atoms with Crippen LogP contribution in [-0.2, 0) is 11.3 Å². The van der Waals surface area contributed by atoms with Crippen molar-refractivity contribution < 1.29 is 32.6 Å². The highest BCUT2D eigenvalue weighted by Gasteiger charge is 2.26. The van der Waals surface area contributed by atoms with Crippen molar-refractivity contribution in [1.29, 1.82) is 0 Å². The summed E-state index contributed by atoms with van der Waals surface area (Å²) in [5.74, 6) is -2.36. The van der Waals surface area contributed by atoms with E-state index in [2.05, 4.69) is 27.0 Å². The number of ether oxygens (including phenoxy) is 3. The molecule has 9 nitrogen and oxygen atoms in total. The van der Waals surface area contributed by atoms with Gasteiger partial charge in [0.05, 0.1) is 19.8 Å². The van der Waals surface area contributed by atoms with E-state index >= 15 is 0 Å². The molecule has 1 fully saturated rings. The molecule has 3 rings (SSSR count). The number of amides is 2. The minimum absolute atomic E-state index is 0.102. The minimum atomic E-state index is -0.917. The van der Waals surface area contributed by atoms with Gasteiger partial charge < -0.3 is 24.4 Å². The SMILES string of the molecule is COC(=O)c1c(OCc2c(F)ccc(OC)c2F)nsc1NC(=O)NCCC1CCN(C)CC1. The summed E-state index contributed by atoms with van der Waals surface area (Å²) in [6, 6.07) is 1.70. The molecule has 12 heteroatoms. The predicted octanol–water partition coefficient (Wildman–Crippen LogP) is 3.65. The Morgan fingerprint density at radius 3 is 2.65 bits per heavy atom. The molecule has 1 saturated heterocycles. The van der Waals surface area contributed by atoms with Gasteiger partial charge >= 0.3 is 12.0 Å². The van der Waals surface area contributed by atoms with E-state index in [4.69, 9.17) is 14.2 Å². The Morgan fingerprint density at radius 2 is 1.97 bits per heavy atom. The fourth-order valence-electron chi connectivity index (χ4n) is 3.64. The van der Waals surface area contributed by atoms with Crippen molar-refractivity contribution in [3.63, 3.8) is 0 Å². The molecule has 2 aromatic rings. The molecule has 1 aliphatic rings. The number of carbonyl (C=O) groups is 2. The van der Waals surface area contributed by atoms with Crippen LogP contribution in [0, 0.1) is 17.6 Å². The lowest BCUT2D eigenvalue weighted by Crippen LogP contribution is -2.34. The van der Waals surface area contributed by atoms with Crippen molar-refractivity contribution >= 4 is 28.5 Å². The number of aromatic nitrogens is 1. The standard InChI is InChI=1S/C22H28F2N4O5S/c1-28-10-7-13(8-11-28)6-9-25-22(30)26-20-17(21(29)32-3)19(27-34-20)33-12-14-15(23)4-5-16(31-2)18(14)24/h4-5,13H,6-12H2,1-3H3,(H2,25,26,30). The first-order valence-corrected chi connectivity index (χ1v) is 11.6. The molecular formula is C22H28F2N4O5S. The topological polar surface area (TPSA) is 102 Å². The van der Waals surface area contributed by atoms with Crippen LogP contribution in [0.3, 0.4) is 0 Å². The number of rotatable bonds is 9. The highest BCUT2D eigenvalue weighted by molar-refractivity contribution is 7.11. The number of likely N-dealkylation sites (tertiary alicyclic amines) is 1. The maximum Gasteiger partial charge on any atom is 0.346 e. The largest absolute Gasteiger partial charge is 0.494 e. The summed E-state index contributed by atoms with van der Waals surface area (Å²) in [5.41, 5.74) is -0.522. The molecule has 0 radical (unpaired) electrons. The average molecular weight is 499 g/mol. The molecule has 0 spiro atoms. The van der Waals surface area contributed by atoms with Gasteiger partial charge in [0.25, 0.3) is 0 Å². The van der Waals surface area contributed by atoms with Crippen molar-refractivity contribution in [3.05, 3.63) is 34.9 Å². The third-order valence-electron chi connectivity index (χ3n) is 5.68. The zero-order chi connectivity index (χ0) is 24.7. The smallest absolute Gasteiger partial charge is 0.346 e. The Hall–Kier alpha value is -2.99. The maximum atomic E-state index is 14.4. The van der Waals surface area contributed by atoms with Crippen LogP contribution in [-0.4, -0.2) is 62.2 Å². The van der Waals surface area contributed by atoms with Crippen molar-refractivity contribution in [2.45, 2.75) is 25.9 Å². The van der Waals surface area contributed by atoms with Gasteiger partial charge in [-0.2, -0.15) is 4.37 Å². The maximum absolute atomic E-state index is 14.4. The van der Waals surface area contributed by atoms with Gasteiger partial charge in [0.2, 0.25) is 5.88 Å². The highest BCUT2D eigenvalue weighted by atomic mass is 32.1. The Bertz CT molecular complexity index is 1010. The van der Waals surface area contributed by atoms with Gasteiger partial charge in [-0.3, -0.25) is 5.32 Å². The summed E-state index contributed by atoms with van der Waals surface area (Å²) >= 11 is 0.796. The molecule has 0 saturated carbocycles. The zero-order valence-corrected chi connectivity index (χ0v) is 20.1. The van der Waals surface area contributed by atoms with Crippen molar-refractivity contribution in [1.82, 2.24) is 14.6 Å². The van der Waals surface area contributed by atoms with E-state index < -0.39 is 30.2 Å². The third-order valence-corrected chi connectivity index (χ3v) is 6.42. The average Bonchev–Trinajstić information content (AvgIpc) is 3.22. The normalized spacial score (nSPS) is 14.5. The Labute approximate surface area is 200 Å². The fraction of sp³-hybridized carbons (Fsp3) is 0.500. The summed E-state index contributed by atoms with van der Waals surface area (Å²) in [6.07, 6.45) is 3.05. The summed E-state index contributed by atoms with van der Waals surface area (Å²) in [6.45, 7) is 2.04. The van der Waals surface area contributed by atoms with Crippen molar-refractivity contribution in [2.24, 2.45) is 5.92 Å². The Morgan fingerprint density at radius 1 is 1.24 bits per heavy atom. The molecule has 0 bridgehead atoms. The second-order valence-corrected chi connectivity index (χ2v) is 8.70. The lowest BCUT2D eigenvalue weighted by Gasteiger charge is -2.28. The van der Waals surface area contributed by atoms with Crippen LogP contribution < -0.4 is 20.1 Å². The van der Waals surface area contributed by atoms with Crippen LogP contribution >= 0.6 is 11.5 Å². The Balaban J connectivity index is 1.63. The van der Waals surface area contributed by atoms with Gasteiger partial charge in [0.1, 0.15) is 17.4 Å². The molecule has 1 aromatic heterocycles. The molecule has 0 aliphatic carbocycles. The van der Waals surface area contributed by atoms with E-state index in [1.807, 2.05) is 0 Å². The number of urea groups is 1. The van der Waals surface area contributed by atoms with Gasteiger partial charge in [-0.05, 0) is 69.0 Å². The van der Waals surface area contributed by atoms with E-state index in [0.717, 1.165) is 63.1 Å². The van der Waals surface area contributed by atoms with Crippen LogP contribution in [0.25, 0.3) is 0 Å². The first-order chi connectivity index (χ1) is 16.3. The second-order valence-electron chi connectivity index (χ2n) is 7.93. The number of benzene rings is 1. The number of methoxy groups -OCH3 is 2. The van der Waals surface area contributed by atoms with E-state index in [-0.39, 0.29) is 27.8 Å². The summed E-state index contributed by atoms with van der Waals surface area (Å²) in [5, 5.41) is 5.46. The predicted molar refractivity (Wildman–Crippen MR) is 123 cm³/mol. The highest BCUT2D eigenvalue weighted by Crippen LogP contribution is 2.33. The zero-order valence-electron chi connectivity index (χ0n) is 19.3. The lowest BCUT2D eigenvalue weighted by molar-refractivity contribution is 0.0596. The summed E-state index contributed by atoms with van der Waals surface area (Å²) in [4.78, 5) is 27.0. The number of carbonyl (C=O) groups excluding carboxylic acids is 2. The minimum Gasteiger partial charge on any atom is -0.494 e. The van der Waals surface area contributed by atoms with Crippen LogP contribution in [0.15, 0.2) is 12.1 Å². The number of piperidine rings is 1. The molecule has 186 valence electrons. The lowest BCUT2D eigenvalue weighted by atomic mass is 9.94. The van der Waals surface area contributed by atoms with Crippen LogP contribution in [0.1, 0.15) is 35.2 Å². The molecule has 34 heavy (non-hydrogen) atoms. The number of halogens is 2. The Kier molecular flexibility index (Phi) is 8.99. The van der Waals surface area contributed by atoms with E-state index in [1.54, 1.807) is 0 Å². The molecular weight excluding hydrogens is 470 g/mol. The molecule has 1 aliphatic heterocycles. The fourth-order valence-corrected chi connectivity index (χ4v) is 4.35. The van der Waals surface area contributed by atoms with E-state index in [1.165, 1.54) is 7.11 Å². The number of anilines is 1. The van der Waals surface area contributed by atoms with E-state index in [9.17, 15) is 18.4 Å². The van der Waals surface area contributed by atoms with Crippen LogP contribution in [0.2, 0.25) is 0 Å². The first kappa shape index (κ1) is 25.6. The monoisotopic (exact) mass is 498 g/mol. The molecule has 2 heterocycles. The number of esters is 1. The number of hydrogen-bond donors (Lipinski definition) is 2. The summed E-state index contributed by atoms with van der Waals surface area (Å²) < 4.78 is 47.5. The van der Waals surface area contributed by atoms with E-state index in [0.29, 0.717) is 12.5 Å². The van der Waals surface area contributed by atoms with Gasteiger partial charge in [0.15, 0.2) is 17.1 Å². The summed E-state index contributed by atoms with van der Waals surface area (Å²) in [7, 11) is 4.52. The van der Waals surface area contributed by atoms with Gasteiger partial charge in [-0.1, -0.05) is 0 Å². The molecule has 2 amide bonds. The van der Waals surface area contributed by atoms with Crippen molar-refractivity contribution in [2.75, 3.05) is 46.2 Å². The molecule has 1 aromatic carbocycles. The molecule has 0 atom stereocenters. The van der Waals surface area contributed by atoms with Gasteiger partial charge in [-0.15, -0.1) is 0 Å². The van der Waals surface area contributed by atoms with Crippen LogP contribution in [0.5, 0.6) is 11.6 Å². The number of nitrogens with one attached hydrogen (secondary N) is 2. The molecule has 0 unspecified atom stereocenters. The van der Waals surface area contributed by atoms with Gasteiger partial charge in [-0.25, -0.2) is 18.4 Å². The molecule has 2 N–H and O–H groups in total. The third kappa shape index (κ3) is 6.32. The number of hydrogen-bond acceptors (Lipinski definition) is 8. The van der Waals surface area contributed by atoms with Gasteiger partial charge in [0, 0.05) is 6.54 Å². The van der Waals surface area contributed by atoms with Crippen LogP contribution in [0.4, 0.5) is 18.6 Å². The second kappa shape index (κ2) is 11.9. The first-order valence-electron chi connectivity index (χ1n) is 10.8. The van der Waals surface area contributed by atoms with Crippen molar-refractivity contribution in [3.8, 4) is 11.6 Å². The number of nitrogens with zero attached hydrogens (tertiary/aromatic N) is 2.